The Morgan fingerprint density at radius 1 is 0.480 bits per heavy atom. The summed E-state index contributed by atoms with van der Waals surface area (Å²) < 4.78 is 12.3. The fraction of sp³-hybridized carbons (Fsp3) is 0.478. The summed E-state index contributed by atoms with van der Waals surface area (Å²) in [6.07, 6.45) is 23.6. The molecular weight excluding hydrogens is 613 g/mol. The van der Waals surface area contributed by atoms with Gasteiger partial charge in [-0.15, -0.1) is 0 Å². The van der Waals surface area contributed by atoms with Crippen LogP contribution in [0, 0.1) is 17.8 Å². The van der Waals surface area contributed by atoms with E-state index in [1.807, 2.05) is 48.5 Å². The fourth-order valence-electron chi connectivity index (χ4n) is 8.89. The van der Waals surface area contributed by atoms with Gasteiger partial charge in [-0.25, -0.2) is 0 Å². The van der Waals surface area contributed by atoms with E-state index in [0.717, 1.165) is 52.1 Å². The quantitative estimate of drug-likeness (QED) is 0.0918. The predicted molar refractivity (Wildman–Crippen MR) is 210 cm³/mol. The SMILES string of the molecule is CCCCCCCCCCC1CCC(C2CCC(c3ccc(Oc4ccc(N)cc4)cc3)(c3ccc(Oc4ccc(N)cc4)cc3)CC2)CC1. The smallest absolute Gasteiger partial charge is 0.127 e. The number of anilines is 2. The van der Waals surface area contributed by atoms with Gasteiger partial charge in [0.2, 0.25) is 0 Å². The molecule has 0 bridgehead atoms. The van der Waals surface area contributed by atoms with Crippen LogP contribution in [0.15, 0.2) is 97.1 Å². The summed E-state index contributed by atoms with van der Waals surface area (Å²) in [6, 6.07) is 32.9. The maximum absolute atomic E-state index is 6.17. The van der Waals surface area contributed by atoms with E-state index in [0.29, 0.717) is 0 Å². The number of unbranched alkanes of at least 4 members (excludes halogenated alkanes) is 7. The standard InChI is InChI=1S/C46H60N2O2/c1-2-3-4-5-6-7-8-9-10-35-11-13-36(14-12-35)37-31-33-46(34-32-37,38-15-23-42(24-16-38)49-44-27-19-40(47)20-28-44)39-17-25-43(26-18-39)50-45-29-21-41(48)22-30-45/h15-30,35-37H,2-14,31-34,47-48H2,1H3. The molecule has 0 radical (unpaired) electrons. The summed E-state index contributed by atoms with van der Waals surface area (Å²) in [7, 11) is 0. The van der Waals surface area contributed by atoms with Gasteiger partial charge in [0.05, 0.1) is 0 Å². The second-order valence-corrected chi connectivity index (χ2v) is 15.4. The minimum Gasteiger partial charge on any atom is -0.457 e. The molecule has 2 fully saturated rings. The van der Waals surface area contributed by atoms with Gasteiger partial charge in [0.1, 0.15) is 23.0 Å². The Balaban J connectivity index is 1.08. The minimum atomic E-state index is -0.0241. The third-order valence-electron chi connectivity index (χ3n) is 12.0. The van der Waals surface area contributed by atoms with Gasteiger partial charge in [0, 0.05) is 16.8 Å². The molecule has 0 saturated heterocycles. The lowest BCUT2D eigenvalue weighted by Crippen LogP contribution is -2.35. The number of hydrogen-bond donors (Lipinski definition) is 2. The Kier molecular flexibility index (Phi) is 12.8. The molecule has 6 rings (SSSR count). The van der Waals surface area contributed by atoms with Gasteiger partial charge in [-0.2, -0.15) is 0 Å². The van der Waals surface area contributed by atoms with Crippen molar-refractivity contribution in [1.82, 2.24) is 0 Å². The molecule has 4 nitrogen and oxygen atoms in total. The summed E-state index contributed by atoms with van der Waals surface area (Å²) in [6.45, 7) is 2.30. The first kappa shape index (κ1) is 35.9. The van der Waals surface area contributed by atoms with E-state index in [2.05, 4.69) is 55.5 Å². The van der Waals surface area contributed by atoms with E-state index in [1.54, 1.807) is 0 Å². The highest BCUT2D eigenvalue weighted by Gasteiger charge is 2.41. The normalized spacial score (nSPS) is 19.2. The number of hydrogen-bond acceptors (Lipinski definition) is 4. The van der Waals surface area contributed by atoms with Gasteiger partial charge in [-0.05, 0) is 140 Å². The zero-order chi connectivity index (χ0) is 34.6. The number of nitrogens with two attached hydrogens (primary N) is 2. The molecule has 0 heterocycles. The van der Waals surface area contributed by atoms with Crippen molar-refractivity contribution in [2.45, 2.75) is 121 Å². The molecule has 4 aromatic rings. The molecule has 2 aliphatic carbocycles. The van der Waals surface area contributed by atoms with Gasteiger partial charge >= 0.3 is 0 Å². The third kappa shape index (κ3) is 9.65. The molecule has 4 aromatic carbocycles. The predicted octanol–water partition coefficient (Wildman–Crippen LogP) is 13.2. The summed E-state index contributed by atoms with van der Waals surface area (Å²) in [5.74, 6) is 5.99. The molecule has 0 aliphatic heterocycles. The Hall–Kier alpha value is -3.92. The van der Waals surface area contributed by atoms with Crippen LogP contribution >= 0.6 is 0 Å². The van der Waals surface area contributed by atoms with Gasteiger partial charge in [-0.1, -0.05) is 102 Å². The number of rotatable bonds is 16. The van der Waals surface area contributed by atoms with E-state index in [-0.39, 0.29) is 5.41 Å². The molecule has 266 valence electrons. The van der Waals surface area contributed by atoms with Crippen molar-refractivity contribution in [2.24, 2.45) is 17.8 Å². The summed E-state index contributed by atoms with van der Waals surface area (Å²) in [4.78, 5) is 0. The average molecular weight is 673 g/mol. The Bertz CT molecular complexity index is 1450. The lowest BCUT2D eigenvalue weighted by molar-refractivity contribution is 0.140. The van der Waals surface area contributed by atoms with Crippen molar-refractivity contribution in [1.29, 1.82) is 0 Å². The Morgan fingerprint density at radius 3 is 1.30 bits per heavy atom. The maximum atomic E-state index is 6.17. The minimum absolute atomic E-state index is 0.0241. The molecule has 4 N–H and O–H groups in total. The van der Waals surface area contributed by atoms with Gasteiger partial charge in [0.25, 0.3) is 0 Å². The zero-order valence-electron chi connectivity index (χ0n) is 30.5. The lowest BCUT2D eigenvalue weighted by Gasteiger charge is -2.44. The van der Waals surface area contributed by atoms with Crippen LogP contribution in [0.3, 0.4) is 0 Å². The monoisotopic (exact) mass is 672 g/mol. The van der Waals surface area contributed by atoms with Crippen molar-refractivity contribution < 1.29 is 9.47 Å². The summed E-state index contributed by atoms with van der Waals surface area (Å²) in [5, 5.41) is 0. The van der Waals surface area contributed by atoms with Crippen molar-refractivity contribution >= 4 is 11.4 Å². The Morgan fingerprint density at radius 2 is 0.860 bits per heavy atom. The first-order valence-corrected chi connectivity index (χ1v) is 19.8. The molecule has 50 heavy (non-hydrogen) atoms. The topological polar surface area (TPSA) is 70.5 Å². The molecular formula is C46H60N2O2. The fourth-order valence-corrected chi connectivity index (χ4v) is 8.89. The maximum Gasteiger partial charge on any atom is 0.127 e. The second kappa shape index (κ2) is 17.8. The van der Waals surface area contributed by atoms with Gasteiger partial charge in [0.15, 0.2) is 0 Å². The van der Waals surface area contributed by atoms with Gasteiger partial charge in [-0.3, -0.25) is 0 Å². The van der Waals surface area contributed by atoms with Crippen LogP contribution < -0.4 is 20.9 Å². The van der Waals surface area contributed by atoms with Crippen LogP contribution in [0.1, 0.15) is 127 Å². The summed E-state index contributed by atoms with van der Waals surface area (Å²) >= 11 is 0. The van der Waals surface area contributed by atoms with Gasteiger partial charge < -0.3 is 20.9 Å². The summed E-state index contributed by atoms with van der Waals surface area (Å²) in [5.41, 5.74) is 16.0. The van der Waals surface area contributed by atoms with Crippen LogP contribution in [0.5, 0.6) is 23.0 Å². The van der Waals surface area contributed by atoms with Crippen LogP contribution in [0.25, 0.3) is 0 Å². The highest BCUT2D eigenvalue weighted by molar-refractivity contribution is 5.47. The van der Waals surface area contributed by atoms with E-state index < -0.39 is 0 Å². The first-order valence-electron chi connectivity index (χ1n) is 19.8. The van der Waals surface area contributed by atoms with Crippen LogP contribution in [0.2, 0.25) is 0 Å². The van der Waals surface area contributed by atoms with E-state index >= 15 is 0 Å². The third-order valence-corrected chi connectivity index (χ3v) is 12.0. The molecule has 0 aromatic heterocycles. The van der Waals surface area contributed by atoms with Crippen molar-refractivity contribution in [3.8, 4) is 23.0 Å². The van der Waals surface area contributed by atoms with E-state index in [9.17, 15) is 0 Å². The number of nitrogen functional groups attached to an aromatic ring is 2. The van der Waals surface area contributed by atoms with E-state index in [4.69, 9.17) is 20.9 Å². The zero-order valence-corrected chi connectivity index (χ0v) is 30.5. The number of benzene rings is 4. The molecule has 2 saturated carbocycles. The molecule has 0 amide bonds. The largest absolute Gasteiger partial charge is 0.457 e. The molecule has 2 aliphatic rings. The van der Waals surface area contributed by atoms with Crippen molar-refractivity contribution in [2.75, 3.05) is 11.5 Å². The Labute approximate surface area is 302 Å². The highest BCUT2D eigenvalue weighted by Crippen LogP contribution is 2.51. The molecule has 0 spiro atoms. The lowest BCUT2D eigenvalue weighted by atomic mass is 9.60. The number of ether oxygens (including phenoxy) is 2. The molecule has 0 atom stereocenters. The average Bonchev–Trinajstić information content (AvgIpc) is 3.15. The molecule has 0 unspecified atom stereocenters. The second-order valence-electron chi connectivity index (χ2n) is 15.4. The van der Waals surface area contributed by atoms with E-state index in [1.165, 1.54) is 120 Å². The van der Waals surface area contributed by atoms with Crippen molar-refractivity contribution in [3.63, 3.8) is 0 Å². The van der Waals surface area contributed by atoms with Crippen LogP contribution in [0.4, 0.5) is 11.4 Å². The molecule has 4 heteroatoms. The van der Waals surface area contributed by atoms with Crippen molar-refractivity contribution in [3.05, 3.63) is 108 Å². The van der Waals surface area contributed by atoms with Crippen LogP contribution in [-0.2, 0) is 5.41 Å². The van der Waals surface area contributed by atoms with Crippen LogP contribution in [-0.4, -0.2) is 0 Å². The highest BCUT2D eigenvalue weighted by atomic mass is 16.5. The first-order chi connectivity index (χ1) is 24.5.